The summed E-state index contributed by atoms with van der Waals surface area (Å²) in [5.41, 5.74) is 2.13. The van der Waals surface area contributed by atoms with Crippen molar-refractivity contribution in [1.29, 1.82) is 0 Å². The van der Waals surface area contributed by atoms with Gasteiger partial charge in [-0.2, -0.15) is 0 Å². The Hall–Kier alpha value is -2.17. The normalized spacial score (nSPS) is 20.9. The van der Waals surface area contributed by atoms with Gasteiger partial charge in [-0.25, -0.2) is 0 Å². The Labute approximate surface area is 161 Å². The highest BCUT2D eigenvalue weighted by Gasteiger charge is 2.30. The summed E-state index contributed by atoms with van der Waals surface area (Å²) in [6, 6.07) is 20.3. The molecule has 2 aliphatic rings. The molecule has 1 unspecified atom stereocenters. The highest BCUT2D eigenvalue weighted by atomic mass is 16.5. The molecular weight excluding hydrogens is 336 g/mol. The number of carbonyl (C=O) groups is 1. The second kappa shape index (κ2) is 8.68. The van der Waals surface area contributed by atoms with Crippen molar-refractivity contribution in [1.82, 2.24) is 9.80 Å². The zero-order valence-electron chi connectivity index (χ0n) is 15.8. The summed E-state index contributed by atoms with van der Waals surface area (Å²) in [4.78, 5) is 17.9. The van der Waals surface area contributed by atoms with E-state index in [4.69, 9.17) is 4.74 Å². The fraction of sp³-hybridized carbons (Fsp3) is 0.435. The third-order valence-corrected chi connectivity index (χ3v) is 5.68. The van der Waals surface area contributed by atoms with Crippen molar-refractivity contribution in [3.63, 3.8) is 0 Å². The minimum absolute atomic E-state index is 0.212. The highest BCUT2D eigenvalue weighted by Crippen LogP contribution is 2.27. The summed E-state index contributed by atoms with van der Waals surface area (Å²) in [6.45, 7) is 5.36. The Balaban J connectivity index is 1.44. The van der Waals surface area contributed by atoms with E-state index in [1.165, 1.54) is 12.8 Å². The number of ether oxygens (including phenoxy) is 1. The lowest BCUT2D eigenvalue weighted by Crippen LogP contribution is -2.51. The summed E-state index contributed by atoms with van der Waals surface area (Å²) in [7, 11) is 0. The number of nitrogens with zero attached hydrogens (tertiary/aromatic N) is 2. The Bertz CT molecular complexity index is 681. The summed E-state index contributed by atoms with van der Waals surface area (Å²) in [5, 5.41) is 0. The van der Waals surface area contributed by atoms with Crippen molar-refractivity contribution >= 4 is 5.91 Å². The molecule has 4 rings (SSSR count). The van der Waals surface area contributed by atoms with E-state index in [0.717, 1.165) is 50.5 Å². The topological polar surface area (TPSA) is 32.8 Å². The maximum Gasteiger partial charge on any atom is 0.234 e. The standard InChI is InChI=1S/C23H28N2O2/c26-23(25-15-13-24(14-16-25)18-21-12-7-17-27-21)22(19-8-3-1-4-9-19)20-10-5-2-6-11-20/h1-6,8-11,21-22H,7,12-18H2. The third-order valence-electron chi connectivity index (χ3n) is 5.68. The van der Waals surface area contributed by atoms with Gasteiger partial charge in [0.15, 0.2) is 0 Å². The van der Waals surface area contributed by atoms with Crippen molar-refractivity contribution < 1.29 is 9.53 Å². The smallest absolute Gasteiger partial charge is 0.234 e. The number of amides is 1. The van der Waals surface area contributed by atoms with Crippen LogP contribution in [0, 0.1) is 0 Å². The largest absolute Gasteiger partial charge is 0.377 e. The van der Waals surface area contributed by atoms with Crippen molar-refractivity contribution in [2.24, 2.45) is 0 Å². The van der Waals surface area contributed by atoms with E-state index >= 15 is 0 Å². The van der Waals surface area contributed by atoms with Crippen LogP contribution in [0.25, 0.3) is 0 Å². The number of hydrogen-bond donors (Lipinski definition) is 0. The van der Waals surface area contributed by atoms with E-state index in [1.54, 1.807) is 0 Å². The molecule has 0 aromatic heterocycles. The lowest BCUT2D eigenvalue weighted by Gasteiger charge is -2.37. The minimum atomic E-state index is -0.225. The van der Waals surface area contributed by atoms with Crippen molar-refractivity contribution in [2.45, 2.75) is 24.9 Å². The molecule has 0 radical (unpaired) electrons. The lowest BCUT2D eigenvalue weighted by molar-refractivity contribution is -0.133. The Kier molecular flexibility index (Phi) is 5.85. The molecule has 2 saturated heterocycles. The molecule has 1 atom stereocenters. The maximum atomic E-state index is 13.4. The summed E-state index contributed by atoms with van der Waals surface area (Å²) in [5.74, 6) is -0.0127. The van der Waals surface area contributed by atoms with Gasteiger partial charge in [-0.3, -0.25) is 9.69 Å². The van der Waals surface area contributed by atoms with E-state index in [2.05, 4.69) is 29.2 Å². The molecule has 0 bridgehead atoms. The molecule has 27 heavy (non-hydrogen) atoms. The fourth-order valence-corrected chi connectivity index (χ4v) is 4.18. The summed E-state index contributed by atoms with van der Waals surface area (Å²) >= 11 is 0. The molecule has 2 fully saturated rings. The molecule has 4 nitrogen and oxygen atoms in total. The van der Waals surface area contributed by atoms with Gasteiger partial charge in [0.1, 0.15) is 0 Å². The molecular formula is C23H28N2O2. The molecule has 2 aromatic carbocycles. The van der Waals surface area contributed by atoms with Gasteiger partial charge in [0.25, 0.3) is 0 Å². The van der Waals surface area contributed by atoms with Crippen molar-refractivity contribution in [3.05, 3.63) is 71.8 Å². The summed E-state index contributed by atoms with van der Waals surface area (Å²) < 4.78 is 5.76. The van der Waals surface area contributed by atoms with Gasteiger partial charge in [0.2, 0.25) is 5.91 Å². The van der Waals surface area contributed by atoms with Crippen LogP contribution >= 0.6 is 0 Å². The fourth-order valence-electron chi connectivity index (χ4n) is 4.18. The monoisotopic (exact) mass is 364 g/mol. The predicted octanol–water partition coefficient (Wildman–Crippen LogP) is 3.14. The molecule has 0 spiro atoms. The first-order chi connectivity index (χ1) is 13.3. The Morgan fingerprint density at radius 1 is 0.926 bits per heavy atom. The van der Waals surface area contributed by atoms with Crippen LogP contribution in [0.15, 0.2) is 60.7 Å². The van der Waals surface area contributed by atoms with Crippen LogP contribution in [0.1, 0.15) is 29.9 Å². The van der Waals surface area contributed by atoms with Gasteiger partial charge >= 0.3 is 0 Å². The quantitative estimate of drug-likeness (QED) is 0.817. The molecule has 2 heterocycles. The van der Waals surface area contributed by atoms with Gasteiger partial charge in [0, 0.05) is 39.3 Å². The van der Waals surface area contributed by atoms with Gasteiger partial charge in [-0.1, -0.05) is 60.7 Å². The van der Waals surface area contributed by atoms with Crippen LogP contribution in [0.5, 0.6) is 0 Å². The van der Waals surface area contributed by atoms with Gasteiger partial charge in [-0.05, 0) is 24.0 Å². The molecule has 0 saturated carbocycles. The zero-order chi connectivity index (χ0) is 18.5. The highest BCUT2D eigenvalue weighted by molar-refractivity contribution is 5.87. The molecule has 142 valence electrons. The lowest BCUT2D eigenvalue weighted by atomic mass is 9.90. The van der Waals surface area contributed by atoms with Crippen LogP contribution in [-0.2, 0) is 9.53 Å². The number of hydrogen-bond acceptors (Lipinski definition) is 3. The zero-order valence-corrected chi connectivity index (χ0v) is 15.8. The average molecular weight is 364 g/mol. The van der Waals surface area contributed by atoms with Gasteiger partial charge in [0.05, 0.1) is 12.0 Å². The molecule has 0 aliphatic carbocycles. The molecule has 2 aliphatic heterocycles. The number of rotatable bonds is 5. The van der Waals surface area contributed by atoms with E-state index in [9.17, 15) is 4.79 Å². The number of piperazine rings is 1. The third kappa shape index (κ3) is 4.40. The maximum absolute atomic E-state index is 13.4. The second-order valence-corrected chi connectivity index (χ2v) is 7.52. The molecule has 0 N–H and O–H groups in total. The first-order valence-corrected chi connectivity index (χ1v) is 10.0. The first kappa shape index (κ1) is 18.2. The Morgan fingerprint density at radius 2 is 1.52 bits per heavy atom. The van der Waals surface area contributed by atoms with E-state index in [0.29, 0.717) is 6.10 Å². The van der Waals surface area contributed by atoms with Crippen molar-refractivity contribution in [3.8, 4) is 0 Å². The number of benzene rings is 2. The van der Waals surface area contributed by atoms with E-state index in [1.807, 2.05) is 41.3 Å². The minimum Gasteiger partial charge on any atom is -0.377 e. The number of carbonyl (C=O) groups excluding carboxylic acids is 1. The Morgan fingerprint density at radius 3 is 2.04 bits per heavy atom. The van der Waals surface area contributed by atoms with E-state index < -0.39 is 0 Å². The average Bonchev–Trinajstić information content (AvgIpc) is 3.23. The predicted molar refractivity (Wildman–Crippen MR) is 107 cm³/mol. The molecule has 4 heteroatoms. The van der Waals surface area contributed by atoms with Crippen LogP contribution in [0.2, 0.25) is 0 Å². The van der Waals surface area contributed by atoms with Crippen molar-refractivity contribution in [2.75, 3.05) is 39.3 Å². The van der Waals surface area contributed by atoms with Crippen LogP contribution < -0.4 is 0 Å². The van der Waals surface area contributed by atoms with Gasteiger partial charge < -0.3 is 9.64 Å². The molecule has 1 amide bonds. The second-order valence-electron chi connectivity index (χ2n) is 7.52. The first-order valence-electron chi connectivity index (χ1n) is 10.0. The van der Waals surface area contributed by atoms with Crippen LogP contribution in [0.4, 0.5) is 0 Å². The SMILES string of the molecule is O=C(C(c1ccccc1)c1ccccc1)N1CCN(CC2CCCO2)CC1. The summed E-state index contributed by atoms with van der Waals surface area (Å²) in [6.07, 6.45) is 2.73. The van der Waals surface area contributed by atoms with Gasteiger partial charge in [-0.15, -0.1) is 0 Å². The van der Waals surface area contributed by atoms with Crippen LogP contribution in [-0.4, -0.2) is 61.1 Å². The van der Waals surface area contributed by atoms with E-state index in [-0.39, 0.29) is 11.8 Å². The van der Waals surface area contributed by atoms with Crippen LogP contribution in [0.3, 0.4) is 0 Å². The molecule has 2 aromatic rings.